The van der Waals surface area contributed by atoms with Crippen molar-refractivity contribution < 1.29 is 4.79 Å². The Hall–Kier alpha value is -2.06. The third-order valence-corrected chi connectivity index (χ3v) is 2.99. The summed E-state index contributed by atoms with van der Waals surface area (Å²) in [6.45, 7) is 2.03. The molecule has 1 aromatic carbocycles. The molecule has 0 aliphatic heterocycles. The van der Waals surface area contributed by atoms with Gasteiger partial charge in [-0.1, -0.05) is 6.07 Å². The second kappa shape index (κ2) is 6.62. The second-order valence-electron chi connectivity index (χ2n) is 4.23. The van der Waals surface area contributed by atoms with Crippen molar-refractivity contribution in [1.82, 2.24) is 5.43 Å². The molecule has 0 aliphatic carbocycles. The highest BCUT2D eigenvalue weighted by Crippen LogP contribution is 2.18. The van der Waals surface area contributed by atoms with Gasteiger partial charge in [0.05, 0.1) is 11.6 Å². The Kier molecular flexibility index (Phi) is 5.15. The van der Waals surface area contributed by atoms with E-state index >= 15 is 0 Å². The van der Waals surface area contributed by atoms with Gasteiger partial charge in [0.25, 0.3) is 0 Å². The summed E-state index contributed by atoms with van der Waals surface area (Å²) in [7, 11) is 1.95. The van der Waals surface area contributed by atoms with Crippen LogP contribution in [-0.4, -0.2) is 19.0 Å². The Bertz CT molecular complexity index is 453. The first-order valence-corrected chi connectivity index (χ1v) is 5.81. The maximum atomic E-state index is 11.1. The predicted octanol–water partition coefficient (Wildman–Crippen LogP) is 1.15. The molecule has 0 bridgehead atoms. The van der Waals surface area contributed by atoms with Crippen LogP contribution in [0.1, 0.15) is 25.3 Å². The average molecular weight is 246 g/mol. The van der Waals surface area contributed by atoms with E-state index in [1.54, 1.807) is 6.07 Å². The number of hydrazine groups is 1. The van der Waals surface area contributed by atoms with E-state index in [-0.39, 0.29) is 11.9 Å². The first-order valence-electron chi connectivity index (χ1n) is 5.81. The molecule has 0 radical (unpaired) electrons. The lowest BCUT2D eigenvalue weighted by atomic mass is 10.1. The van der Waals surface area contributed by atoms with Gasteiger partial charge in [-0.05, 0) is 31.5 Å². The van der Waals surface area contributed by atoms with Gasteiger partial charge in [0, 0.05) is 25.2 Å². The van der Waals surface area contributed by atoms with E-state index < -0.39 is 0 Å². The molecule has 1 unspecified atom stereocenters. The molecule has 96 valence electrons. The van der Waals surface area contributed by atoms with Crippen molar-refractivity contribution in [1.29, 1.82) is 5.26 Å². The summed E-state index contributed by atoms with van der Waals surface area (Å²) in [5.41, 5.74) is 3.71. The Morgan fingerprint density at radius 1 is 1.61 bits per heavy atom. The van der Waals surface area contributed by atoms with Gasteiger partial charge in [-0.3, -0.25) is 10.2 Å². The lowest BCUT2D eigenvalue weighted by Crippen LogP contribution is -2.33. The Morgan fingerprint density at radius 3 is 2.94 bits per heavy atom. The molecule has 0 saturated heterocycles. The predicted molar refractivity (Wildman–Crippen MR) is 70.6 cm³/mol. The fraction of sp³-hybridized carbons (Fsp3) is 0.385. The summed E-state index contributed by atoms with van der Waals surface area (Å²) in [5, 5.41) is 8.86. The van der Waals surface area contributed by atoms with Crippen LogP contribution in [0.4, 0.5) is 5.69 Å². The number of amides is 1. The van der Waals surface area contributed by atoms with E-state index in [9.17, 15) is 4.79 Å². The van der Waals surface area contributed by atoms with Crippen molar-refractivity contribution in [2.24, 2.45) is 5.84 Å². The zero-order chi connectivity index (χ0) is 13.5. The molecule has 5 heteroatoms. The molecular weight excluding hydrogens is 228 g/mol. The Labute approximate surface area is 107 Å². The summed E-state index contributed by atoms with van der Waals surface area (Å²) in [4.78, 5) is 13.1. The van der Waals surface area contributed by atoms with Crippen molar-refractivity contribution in [2.45, 2.75) is 25.8 Å². The van der Waals surface area contributed by atoms with Crippen molar-refractivity contribution in [2.75, 3.05) is 11.9 Å². The van der Waals surface area contributed by atoms with Crippen molar-refractivity contribution >= 4 is 11.6 Å². The van der Waals surface area contributed by atoms with Gasteiger partial charge in [-0.15, -0.1) is 0 Å². The van der Waals surface area contributed by atoms with Crippen LogP contribution in [0, 0.1) is 11.3 Å². The van der Waals surface area contributed by atoms with Crippen LogP contribution in [0.15, 0.2) is 24.3 Å². The van der Waals surface area contributed by atoms with Gasteiger partial charge in [0.1, 0.15) is 0 Å². The highest BCUT2D eigenvalue weighted by molar-refractivity contribution is 5.75. The van der Waals surface area contributed by atoms with Crippen LogP contribution < -0.4 is 16.2 Å². The largest absolute Gasteiger partial charge is 0.372 e. The van der Waals surface area contributed by atoms with Gasteiger partial charge in [-0.2, -0.15) is 5.26 Å². The fourth-order valence-electron chi connectivity index (χ4n) is 1.66. The van der Waals surface area contributed by atoms with E-state index in [1.165, 1.54) is 0 Å². The quantitative estimate of drug-likeness (QED) is 0.464. The number of carbonyl (C=O) groups excluding carboxylic acids is 1. The molecule has 5 nitrogen and oxygen atoms in total. The average Bonchev–Trinajstić information content (AvgIpc) is 2.43. The molecule has 0 spiro atoms. The molecule has 0 saturated carbocycles. The maximum absolute atomic E-state index is 11.1. The molecule has 1 amide bonds. The normalized spacial score (nSPS) is 11.4. The molecule has 1 aromatic rings. The van der Waals surface area contributed by atoms with Gasteiger partial charge in [-0.25, -0.2) is 5.84 Å². The van der Waals surface area contributed by atoms with Crippen molar-refractivity contribution in [3.05, 3.63) is 29.8 Å². The molecule has 0 aromatic heterocycles. The summed E-state index contributed by atoms with van der Waals surface area (Å²) < 4.78 is 0. The molecule has 1 atom stereocenters. The monoisotopic (exact) mass is 246 g/mol. The molecule has 1 rings (SSSR count). The third-order valence-electron chi connectivity index (χ3n) is 2.99. The number of hydrogen-bond donors (Lipinski definition) is 2. The second-order valence-corrected chi connectivity index (χ2v) is 4.23. The Morgan fingerprint density at radius 2 is 2.33 bits per heavy atom. The highest BCUT2D eigenvalue weighted by atomic mass is 16.2. The molecular formula is C13H18N4O. The van der Waals surface area contributed by atoms with E-state index in [2.05, 4.69) is 11.5 Å². The minimum atomic E-state index is -0.166. The number of benzene rings is 1. The minimum absolute atomic E-state index is 0.166. The first kappa shape index (κ1) is 14.0. The minimum Gasteiger partial charge on any atom is -0.372 e. The molecule has 18 heavy (non-hydrogen) atoms. The van der Waals surface area contributed by atoms with Crippen LogP contribution >= 0.6 is 0 Å². The molecule has 3 N–H and O–H groups in total. The highest BCUT2D eigenvalue weighted by Gasteiger charge is 2.12. The van der Waals surface area contributed by atoms with Gasteiger partial charge < -0.3 is 4.90 Å². The number of anilines is 1. The number of nitrogens with zero attached hydrogens (tertiary/aromatic N) is 2. The van der Waals surface area contributed by atoms with Crippen molar-refractivity contribution in [3.8, 4) is 6.07 Å². The Balaban J connectivity index is 2.65. The van der Waals surface area contributed by atoms with E-state index in [0.717, 1.165) is 5.69 Å². The topological polar surface area (TPSA) is 82.2 Å². The fourth-order valence-corrected chi connectivity index (χ4v) is 1.66. The summed E-state index contributed by atoms with van der Waals surface area (Å²) in [5.74, 6) is 4.87. The third kappa shape index (κ3) is 3.75. The van der Waals surface area contributed by atoms with Crippen LogP contribution in [0.2, 0.25) is 0 Å². The van der Waals surface area contributed by atoms with Gasteiger partial charge in [0.2, 0.25) is 5.91 Å². The van der Waals surface area contributed by atoms with Crippen LogP contribution in [0.5, 0.6) is 0 Å². The molecule has 0 heterocycles. The zero-order valence-corrected chi connectivity index (χ0v) is 10.7. The van der Waals surface area contributed by atoms with Crippen LogP contribution in [-0.2, 0) is 4.79 Å². The molecule has 0 aliphatic rings. The van der Waals surface area contributed by atoms with E-state index in [0.29, 0.717) is 18.4 Å². The SMILES string of the molecule is CC(CCC(=O)NN)N(C)c1cccc(C#N)c1. The zero-order valence-electron chi connectivity index (χ0n) is 10.7. The first-order chi connectivity index (χ1) is 8.58. The number of hydrogen-bond acceptors (Lipinski definition) is 4. The number of rotatable bonds is 5. The smallest absolute Gasteiger partial charge is 0.233 e. The summed E-state index contributed by atoms with van der Waals surface area (Å²) in [6.07, 6.45) is 1.09. The van der Waals surface area contributed by atoms with Crippen molar-refractivity contribution in [3.63, 3.8) is 0 Å². The number of nitrogens with two attached hydrogens (primary N) is 1. The summed E-state index contributed by atoms with van der Waals surface area (Å²) >= 11 is 0. The number of nitriles is 1. The van der Waals surface area contributed by atoms with Crippen LogP contribution in [0.3, 0.4) is 0 Å². The van der Waals surface area contributed by atoms with E-state index in [4.69, 9.17) is 11.1 Å². The van der Waals surface area contributed by atoms with Crippen LogP contribution in [0.25, 0.3) is 0 Å². The van der Waals surface area contributed by atoms with Gasteiger partial charge >= 0.3 is 0 Å². The standard InChI is InChI=1S/C13H18N4O/c1-10(6-7-13(18)16-15)17(2)12-5-3-4-11(8-12)9-14/h3-5,8,10H,6-7,15H2,1-2H3,(H,16,18). The molecule has 0 fully saturated rings. The maximum Gasteiger partial charge on any atom is 0.233 e. The van der Waals surface area contributed by atoms with E-state index in [1.807, 2.05) is 37.1 Å². The van der Waals surface area contributed by atoms with Gasteiger partial charge in [0.15, 0.2) is 0 Å². The lowest BCUT2D eigenvalue weighted by Gasteiger charge is -2.27. The number of carbonyl (C=O) groups is 1. The number of nitrogens with one attached hydrogen (secondary N) is 1. The lowest BCUT2D eigenvalue weighted by molar-refractivity contribution is -0.121. The summed E-state index contributed by atoms with van der Waals surface area (Å²) in [6, 6.07) is 9.70.